The first-order chi connectivity index (χ1) is 5.77. The highest BCUT2D eigenvalue weighted by Crippen LogP contribution is 2.22. The van der Waals surface area contributed by atoms with Gasteiger partial charge < -0.3 is 10.6 Å². The second-order valence-electron chi connectivity index (χ2n) is 3.25. The summed E-state index contributed by atoms with van der Waals surface area (Å²) in [6.07, 6.45) is 3.01. The van der Waals surface area contributed by atoms with Crippen molar-refractivity contribution in [1.82, 2.24) is 4.98 Å². The molecular weight excluding hydrogens is 150 g/mol. The van der Waals surface area contributed by atoms with Gasteiger partial charge in [0.25, 0.3) is 0 Å². The van der Waals surface area contributed by atoms with Gasteiger partial charge in [0.1, 0.15) is 5.82 Å². The van der Waals surface area contributed by atoms with Gasteiger partial charge in [-0.2, -0.15) is 0 Å². The summed E-state index contributed by atoms with van der Waals surface area (Å²) in [5.41, 5.74) is 7.53. The Morgan fingerprint density at radius 3 is 2.75 bits per heavy atom. The summed E-state index contributed by atoms with van der Waals surface area (Å²) in [6, 6.07) is 1.97. The molecule has 3 heteroatoms. The zero-order valence-electron chi connectivity index (χ0n) is 7.25. The minimum Gasteiger partial charge on any atom is -0.397 e. The summed E-state index contributed by atoms with van der Waals surface area (Å²) >= 11 is 0. The SMILES string of the molecule is Cc1cc(N)cnc1N1CCC1. The standard InChI is InChI=1S/C9H13N3/c1-7-5-8(10)6-11-9(7)12-3-2-4-12/h5-6H,2-4,10H2,1H3. The molecule has 0 aliphatic carbocycles. The maximum atomic E-state index is 5.61. The van der Waals surface area contributed by atoms with Crippen LogP contribution >= 0.6 is 0 Å². The highest BCUT2D eigenvalue weighted by Gasteiger charge is 2.17. The van der Waals surface area contributed by atoms with Crippen molar-refractivity contribution in [3.05, 3.63) is 17.8 Å². The van der Waals surface area contributed by atoms with Crippen molar-refractivity contribution in [1.29, 1.82) is 0 Å². The Bertz CT molecular complexity index is 292. The first kappa shape index (κ1) is 7.40. The number of hydrogen-bond acceptors (Lipinski definition) is 3. The molecule has 1 aromatic rings. The van der Waals surface area contributed by atoms with E-state index in [-0.39, 0.29) is 0 Å². The molecule has 1 aromatic heterocycles. The highest BCUT2D eigenvalue weighted by molar-refractivity contribution is 5.53. The summed E-state index contributed by atoms with van der Waals surface area (Å²) in [5, 5.41) is 0. The van der Waals surface area contributed by atoms with Crippen LogP contribution in [0.1, 0.15) is 12.0 Å². The first-order valence-electron chi connectivity index (χ1n) is 4.24. The molecule has 12 heavy (non-hydrogen) atoms. The Balaban J connectivity index is 2.31. The summed E-state index contributed by atoms with van der Waals surface area (Å²) < 4.78 is 0. The van der Waals surface area contributed by atoms with E-state index in [0.717, 1.165) is 24.6 Å². The average Bonchev–Trinajstić information content (AvgIpc) is 1.91. The lowest BCUT2D eigenvalue weighted by Gasteiger charge is -2.33. The van der Waals surface area contributed by atoms with E-state index in [1.165, 1.54) is 12.0 Å². The van der Waals surface area contributed by atoms with Crippen molar-refractivity contribution >= 4 is 11.5 Å². The third-order valence-corrected chi connectivity index (χ3v) is 2.23. The van der Waals surface area contributed by atoms with E-state index in [9.17, 15) is 0 Å². The Labute approximate surface area is 72.2 Å². The van der Waals surface area contributed by atoms with Crippen LogP contribution < -0.4 is 10.6 Å². The van der Waals surface area contributed by atoms with E-state index < -0.39 is 0 Å². The van der Waals surface area contributed by atoms with Crippen LogP contribution in [0.2, 0.25) is 0 Å². The average molecular weight is 163 g/mol. The van der Waals surface area contributed by atoms with Crippen molar-refractivity contribution in [2.75, 3.05) is 23.7 Å². The number of anilines is 2. The lowest BCUT2D eigenvalue weighted by Crippen LogP contribution is -2.38. The number of rotatable bonds is 1. The number of aryl methyl sites for hydroxylation is 1. The van der Waals surface area contributed by atoms with Crippen molar-refractivity contribution in [3.63, 3.8) is 0 Å². The third kappa shape index (κ3) is 1.11. The fourth-order valence-electron chi connectivity index (χ4n) is 1.45. The van der Waals surface area contributed by atoms with Crippen LogP contribution in [0.5, 0.6) is 0 Å². The van der Waals surface area contributed by atoms with E-state index in [0.29, 0.717) is 0 Å². The smallest absolute Gasteiger partial charge is 0.131 e. The Hall–Kier alpha value is -1.25. The molecule has 3 nitrogen and oxygen atoms in total. The van der Waals surface area contributed by atoms with Crippen molar-refractivity contribution in [3.8, 4) is 0 Å². The van der Waals surface area contributed by atoms with Crippen molar-refractivity contribution < 1.29 is 0 Å². The van der Waals surface area contributed by atoms with Gasteiger partial charge in [0.15, 0.2) is 0 Å². The van der Waals surface area contributed by atoms with E-state index in [2.05, 4.69) is 16.8 Å². The zero-order chi connectivity index (χ0) is 8.55. The number of aromatic nitrogens is 1. The molecule has 1 fully saturated rings. The quantitative estimate of drug-likeness (QED) is 0.676. The molecule has 0 saturated carbocycles. The van der Waals surface area contributed by atoms with Gasteiger partial charge >= 0.3 is 0 Å². The molecule has 0 unspecified atom stereocenters. The van der Waals surface area contributed by atoms with E-state index in [1.54, 1.807) is 6.20 Å². The summed E-state index contributed by atoms with van der Waals surface area (Å²) in [5.74, 6) is 1.09. The second-order valence-corrected chi connectivity index (χ2v) is 3.25. The minimum absolute atomic E-state index is 0.747. The molecule has 0 amide bonds. The topological polar surface area (TPSA) is 42.1 Å². The van der Waals surface area contributed by atoms with Crippen LogP contribution in [-0.4, -0.2) is 18.1 Å². The molecule has 1 saturated heterocycles. The molecule has 2 N–H and O–H groups in total. The number of nitrogens with two attached hydrogens (primary N) is 1. The monoisotopic (exact) mass is 163 g/mol. The molecule has 64 valence electrons. The Morgan fingerprint density at radius 1 is 1.50 bits per heavy atom. The van der Waals surface area contributed by atoms with E-state index in [1.807, 2.05) is 6.07 Å². The second kappa shape index (κ2) is 2.66. The molecule has 0 atom stereocenters. The van der Waals surface area contributed by atoms with E-state index >= 15 is 0 Å². The van der Waals surface area contributed by atoms with Crippen LogP contribution in [0.25, 0.3) is 0 Å². The molecular formula is C9H13N3. The highest BCUT2D eigenvalue weighted by atomic mass is 15.2. The Kier molecular flexibility index (Phi) is 1.64. The molecule has 0 spiro atoms. The maximum absolute atomic E-state index is 5.61. The van der Waals surface area contributed by atoms with Gasteiger partial charge in [-0.05, 0) is 25.0 Å². The van der Waals surface area contributed by atoms with Gasteiger partial charge in [-0.1, -0.05) is 0 Å². The van der Waals surface area contributed by atoms with Crippen LogP contribution in [-0.2, 0) is 0 Å². The fourth-order valence-corrected chi connectivity index (χ4v) is 1.45. The minimum atomic E-state index is 0.747. The number of nitrogens with zero attached hydrogens (tertiary/aromatic N) is 2. The van der Waals surface area contributed by atoms with Gasteiger partial charge in [0.05, 0.1) is 11.9 Å². The largest absolute Gasteiger partial charge is 0.397 e. The number of pyridine rings is 1. The number of nitrogen functional groups attached to an aromatic ring is 1. The normalized spacial score (nSPS) is 15.9. The predicted molar refractivity (Wildman–Crippen MR) is 50.2 cm³/mol. The zero-order valence-corrected chi connectivity index (χ0v) is 7.25. The van der Waals surface area contributed by atoms with Crippen LogP contribution in [0.3, 0.4) is 0 Å². The third-order valence-electron chi connectivity index (χ3n) is 2.23. The van der Waals surface area contributed by atoms with Gasteiger partial charge in [0.2, 0.25) is 0 Å². The van der Waals surface area contributed by atoms with Crippen LogP contribution in [0.15, 0.2) is 12.3 Å². The van der Waals surface area contributed by atoms with Gasteiger partial charge in [-0.15, -0.1) is 0 Å². The van der Waals surface area contributed by atoms with Gasteiger partial charge in [-0.3, -0.25) is 0 Å². The van der Waals surface area contributed by atoms with Gasteiger partial charge in [-0.25, -0.2) is 4.98 Å². The molecule has 0 bridgehead atoms. The van der Waals surface area contributed by atoms with Crippen LogP contribution in [0.4, 0.5) is 11.5 Å². The molecule has 0 aromatic carbocycles. The Morgan fingerprint density at radius 2 is 2.25 bits per heavy atom. The van der Waals surface area contributed by atoms with Crippen molar-refractivity contribution in [2.24, 2.45) is 0 Å². The predicted octanol–water partition coefficient (Wildman–Crippen LogP) is 1.18. The fraction of sp³-hybridized carbons (Fsp3) is 0.444. The molecule has 1 aliphatic rings. The van der Waals surface area contributed by atoms with Gasteiger partial charge in [0, 0.05) is 13.1 Å². The lowest BCUT2D eigenvalue weighted by molar-refractivity contribution is 0.608. The number of hydrogen-bond donors (Lipinski definition) is 1. The molecule has 0 radical (unpaired) electrons. The molecule has 2 rings (SSSR count). The lowest BCUT2D eigenvalue weighted by atomic mass is 10.2. The molecule has 1 aliphatic heterocycles. The maximum Gasteiger partial charge on any atom is 0.131 e. The van der Waals surface area contributed by atoms with Crippen molar-refractivity contribution in [2.45, 2.75) is 13.3 Å². The van der Waals surface area contributed by atoms with E-state index in [4.69, 9.17) is 5.73 Å². The molecule has 2 heterocycles. The summed E-state index contributed by atoms with van der Waals surface area (Å²) in [6.45, 7) is 4.33. The van der Waals surface area contributed by atoms with Crippen LogP contribution in [0, 0.1) is 6.92 Å². The summed E-state index contributed by atoms with van der Waals surface area (Å²) in [7, 11) is 0. The first-order valence-corrected chi connectivity index (χ1v) is 4.24. The summed E-state index contributed by atoms with van der Waals surface area (Å²) in [4.78, 5) is 6.57.